The molecule has 0 aliphatic carbocycles. The summed E-state index contributed by atoms with van der Waals surface area (Å²) in [5, 5.41) is 12.3. The lowest BCUT2D eigenvalue weighted by molar-refractivity contribution is -0.113. The number of anilines is 1. The Labute approximate surface area is 154 Å². The van der Waals surface area contributed by atoms with Crippen molar-refractivity contribution in [3.05, 3.63) is 35.7 Å². The summed E-state index contributed by atoms with van der Waals surface area (Å²) in [6, 6.07) is 8.27. The number of benzene rings is 1. The topological polar surface area (TPSA) is 59.8 Å². The van der Waals surface area contributed by atoms with E-state index < -0.39 is 0 Å². The van der Waals surface area contributed by atoms with Crippen LogP contribution in [0.15, 0.2) is 29.4 Å². The van der Waals surface area contributed by atoms with Crippen LogP contribution in [0, 0.1) is 0 Å². The van der Waals surface area contributed by atoms with Gasteiger partial charge in [0.1, 0.15) is 5.82 Å². The van der Waals surface area contributed by atoms with Crippen LogP contribution in [0.2, 0.25) is 0 Å². The van der Waals surface area contributed by atoms with Gasteiger partial charge in [-0.15, -0.1) is 10.2 Å². The van der Waals surface area contributed by atoms with Gasteiger partial charge in [0.15, 0.2) is 5.16 Å². The van der Waals surface area contributed by atoms with Crippen molar-refractivity contribution in [2.45, 2.75) is 64.6 Å². The van der Waals surface area contributed by atoms with E-state index in [4.69, 9.17) is 0 Å². The van der Waals surface area contributed by atoms with E-state index in [1.807, 2.05) is 12.1 Å². The molecule has 6 heteroatoms. The second-order valence-electron chi connectivity index (χ2n) is 7.07. The molecule has 5 nitrogen and oxygen atoms in total. The molecule has 1 aromatic heterocycles. The van der Waals surface area contributed by atoms with Crippen LogP contribution < -0.4 is 5.32 Å². The molecule has 0 radical (unpaired) electrons. The lowest BCUT2D eigenvalue weighted by Crippen LogP contribution is -2.15. The molecule has 1 N–H and O–H groups in total. The predicted octanol–water partition coefficient (Wildman–Crippen LogP) is 4.84. The number of nitrogens with one attached hydrogen (secondary N) is 1. The number of hydrogen-bond donors (Lipinski definition) is 1. The molecular weight excluding hydrogens is 332 g/mol. The van der Waals surface area contributed by atoms with Crippen LogP contribution in [0.5, 0.6) is 0 Å². The fourth-order valence-corrected chi connectivity index (χ4v) is 3.42. The van der Waals surface area contributed by atoms with Crippen molar-refractivity contribution in [2.75, 3.05) is 11.1 Å². The molecule has 0 atom stereocenters. The molecule has 0 spiro atoms. The van der Waals surface area contributed by atoms with Gasteiger partial charge >= 0.3 is 0 Å². The third-order valence-electron chi connectivity index (χ3n) is 3.92. The van der Waals surface area contributed by atoms with Crippen molar-refractivity contribution in [3.8, 4) is 0 Å². The summed E-state index contributed by atoms with van der Waals surface area (Å²) in [4.78, 5) is 12.2. The molecule has 0 unspecified atom stereocenters. The fourth-order valence-electron chi connectivity index (χ4n) is 2.54. The highest BCUT2D eigenvalue weighted by molar-refractivity contribution is 7.99. The fraction of sp³-hybridized carbons (Fsp3) is 0.526. The zero-order chi connectivity index (χ0) is 18.6. The van der Waals surface area contributed by atoms with Gasteiger partial charge in [-0.05, 0) is 37.5 Å². The minimum atomic E-state index is -0.0355. The summed E-state index contributed by atoms with van der Waals surface area (Å²) in [6.07, 6.45) is 0. The molecule has 2 aromatic rings. The Hall–Kier alpha value is -1.82. The Balaban J connectivity index is 1.98. The molecule has 2 rings (SSSR count). The number of amides is 1. The average molecular weight is 361 g/mol. The van der Waals surface area contributed by atoms with Crippen molar-refractivity contribution in [3.63, 3.8) is 0 Å². The Morgan fingerprint density at radius 1 is 1.04 bits per heavy atom. The molecule has 0 saturated carbocycles. The van der Waals surface area contributed by atoms with Crippen molar-refractivity contribution >= 4 is 23.4 Å². The van der Waals surface area contributed by atoms with E-state index in [9.17, 15) is 4.79 Å². The molecule has 0 aliphatic heterocycles. The highest BCUT2D eigenvalue weighted by atomic mass is 32.2. The number of carbonyl (C=O) groups excluding carboxylic acids is 1. The molecule has 136 valence electrons. The number of aromatic nitrogens is 3. The Morgan fingerprint density at radius 3 is 2.20 bits per heavy atom. The SMILES string of the molecule is CC(C)c1ccc(NC(=O)CSc2nnc(C(C)C)n2C(C)C)cc1. The first-order valence-electron chi connectivity index (χ1n) is 8.77. The number of carbonyl (C=O) groups is 1. The van der Waals surface area contributed by atoms with Gasteiger partial charge in [0, 0.05) is 17.6 Å². The maximum atomic E-state index is 12.2. The average Bonchev–Trinajstić information content (AvgIpc) is 2.98. The summed E-state index contributed by atoms with van der Waals surface area (Å²) in [7, 11) is 0. The van der Waals surface area contributed by atoms with Gasteiger partial charge in [-0.1, -0.05) is 51.6 Å². The summed E-state index contributed by atoms with van der Waals surface area (Å²) < 4.78 is 2.11. The van der Waals surface area contributed by atoms with Crippen molar-refractivity contribution in [2.24, 2.45) is 0 Å². The van der Waals surface area contributed by atoms with Crippen LogP contribution in [0.25, 0.3) is 0 Å². The monoisotopic (exact) mass is 360 g/mol. The maximum absolute atomic E-state index is 12.2. The zero-order valence-corrected chi connectivity index (χ0v) is 16.7. The molecule has 1 amide bonds. The predicted molar refractivity (Wildman–Crippen MR) is 104 cm³/mol. The minimum absolute atomic E-state index is 0.0355. The summed E-state index contributed by atoms with van der Waals surface area (Å²) in [6.45, 7) is 12.7. The van der Waals surface area contributed by atoms with E-state index in [2.05, 4.69) is 73.8 Å². The van der Waals surface area contributed by atoms with Crippen LogP contribution in [-0.4, -0.2) is 26.4 Å². The quantitative estimate of drug-likeness (QED) is 0.718. The Kier molecular flexibility index (Phi) is 6.64. The largest absolute Gasteiger partial charge is 0.325 e. The second-order valence-corrected chi connectivity index (χ2v) is 8.02. The summed E-state index contributed by atoms with van der Waals surface area (Å²) in [5.74, 6) is 2.03. The number of nitrogens with zero attached hydrogens (tertiary/aromatic N) is 3. The van der Waals surface area contributed by atoms with Crippen molar-refractivity contribution < 1.29 is 4.79 Å². The summed E-state index contributed by atoms with van der Waals surface area (Å²) >= 11 is 1.43. The second kappa shape index (κ2) is 8.52. The van der Waals surface area contributed by atoms with Gasteiger partial charge in [0.05, 0.1) is 5.75 Å². The van der Waals surface area contributed by atoms with E-state index in [1.165, 1.54) is 17.3 Å². The van der Waals surface area contributed by atoms with E-state index >= 15 is 0 Å². The van der Waals surface area contributed by atoms with Crippen LogP contribution >= 0.6 is 11.8 Å². The van der Waals surface area contributed by atoms with Crippen molar-refractivity contribution in [1.82, 2.24) is 14.8 Å². The molecule has 0 bridgehead atoms. The molecular formula is C19H28N4OS. The molecule has 0 saturated heterocycles. The third kappa shape index (κ3) is 5.08. The molecule has 1 heterocycles. The molecule has 25 heavy (non-hydrogen) atoms. The first-order chi connectivity index (χ1) is 11.8. The van der Waals surface area contributed by atoms with E-state index in [0.29, 0.717) is 17.6 Å². The molecule has 0 fully saturated rings. The normalized spacial score (nSPS) is 11.6. The standard InChI is InChI=1S/C19H28N4OS/c1-12(2)15-7-9-16(10-8-15)20-17(24)11-25-19-22-21-18(13(3)4)23(19)14(5)6/h7-10,12-14H,11H2,1-6H3,(H,20,24). The highest BCUT2D eigenvalue weighted by Gasteiger charge is 2.18. The number of hydrogen-bond acceptors (Lipinski definition) is 4. The lowest BCUT2D eigenvalue weighted by atomic mass is 10.0. The van der Waals surface area contributed by atoms with Gasteiger partial charge in [-0.2, -0.15) is 0 Å². The minimum Gasteiger partial charge on any atom is -0.325 e. The van der Waals surface area contributed by atoms with Gasteiger partial charge in [-0.3, -0.25) is 4.79 Å². The maximum Gasteiger partial charge on any atom is 0.234 e. The van der Waals surface area contributed by atoms with Gasteiger partial charge in [0.2, 0.25) is 5.91 Å². The Morgan fingerprint density at radius 2 is 1.68 bits per heavy atom. The van der Waals surface area contributed by atoms with E-state index in [-0.39, 0.29) is 11.9 Å². The smallest absolute Gasteiger partial charge is 0.234 e. The van der Waals surface area contributed by atoms with Crippen molar-refractivity contribution in [1.29, 1.82) is 0 Å². The Bertz CT molecular complexity index is 705. The first-order valence-corrected chi connectivity index (χ1v) is 9.75. The van der Waals surface area contributed by atoms with Crippen LogP contribution in [0.1, 0.15) is 70.8 Å². The van der Waals surface area contributed by atoms with Crippen LogP contribution in [-0.2, 0) is 4.79 Å². The molecule has 1 aromatic carbocycles. The van der Waals surface area contributed by atoms with E-state index in [1.54, 1.807) is 0 Å². The van der Waals surface area contributed by atoms with Gasteiger partial charge < -0.3 is 9.88 Å². The first kappa shape index (κ1) is 19.5. The summed E-state index contributed by atoms with van der Waals surface area (Å²) in [5.41, 5.74) is 2.09. The highest BCUT2D eigenvalue weighted by Crippen LogP contribution is 2.25. The van der Waals surface area contributed by atoms with Crippen LogP contribution in [0.3, 0.4) is 0 Å². The lowest BCUT2D eigenvalue weighted by Gasteiger charge is -2.15. The molecule has 0 aliphatic rings. The number of thioether (sulfide) groups is 1. The van der Waals surface area contributed by atoms with E-state index in [0.717, 1.165) is 16.7 Å². The van der Waals surface area contributed by atoms with Gasteiger partial charge in [0.25, 0.3) is 0 Å². The third-order valence-corrected chi connectivity index (χ3v) is 4.86. The number of rotatable bonds is 7. The zero-order valence-electron chi connectivity index (χ0n) is 15.9. The van der Waals surface area contributed by atoms with Gasteiger partial charge in [-0.25, -0.2) is 0 Å². The van der Waals surface area contributed by atoms with Crippen LogP contribution in [0.4, 0.5) is 5.69 Å².